The largest absolute Gasteiger partial charge is 0.394 e. The topological polar surface area (TPSA) is 139 Å². The number of aliphatic hydroxyl groups excluding tert-OH is 4. The van der Waals surface area contributed by atoms with E-state index in [4.69, 9.17) is 20.4 Å². The Labute approximate surface area is 98.3 Å². The minimum Gasteiger partial charge on any atom is -0.394 e. The van der Waals surface area contributed by atoms with Gasteiger partial charge in [-0.1, -0.05) is 0 Å². The van der Waals surface area contributed by atoms with Crippen molar-refractivity contribution in [2.45, 2.75) is 18.6 Å². The fraction of sp³-hybridized carbons (Fsp3) is 0.778. The molecule has 0 radical (unpaired) electrons. The molecule has 2 unspecified atom stereocenters. The zero-order valence-corrected chi connectivity index (χ0v) is 9.30. The molecule has 0 spiro atoms. The molecule has 0 aromatic carbocycles. The third kappa shape index (κ3) is 8.57. The number of amides is 2. The fourth-order valence-electron chi connectivity index (χ4n) is 0.863. The molecule has 6 N–H and O–H groups in total. The lowest BCUT2D eigenvalue weighted by molar-refractivity contribution is -0.129. The molecule has 100 valence electrons. The molecule has 0 saturated heterocycles. The van der Waals surface area contributed by atoms with E-state index >= 15 is 0 Å². The highest BCUT2D eigenvalue weighted by atomic mass is 16.3. The first kappa shape index (κ1) is 15.8. The summed E-state index contributed by atoms with van der Waals surface area (Å²) in [6.45, 7) is -1.23. The van der Waals surface area contributed by atoms with E-state index < -0.39 is 43.7 Å². The minimum absolute atomic E-state index is 0.137. The van der Waals surface area contributed by atoms with Gasteiger partial charge in [0, 0.05) is 13.1 Å². The van der Waals surface area contributed by atoms with Gasteiger partial charge in [0.25, 0.3) is 0 Å². The van der Waals surface area contributed by atoms with E-state index in [2.05, 4.69) is 10.6 Å². The van der Waals surface area contributed by atoms with Crippen LogP contribution in [0, 0.1) is 0 Å². The van der Waals surface area contributed by atoms with Crippen molar-refractivity contribution >= 4 is 11.8 Å². The quantitative estimate of drug-likeness (QED) is 0.245. The van der Waals surface area contributed by atoms with Crippen LogP contribution >= 0.6 is 0 Å². The number of rotatable bonds is 8. The molecule has 8 nitrogen and oxygen atoms in total. The molecule has 8 heteroatoms. The zero-order chi connectivity index (χ0) is 13.3. The van der Waals surface area contributed by atoms with Crippen LogP contribution in [0.15, 0.2) is 0 Å². The van der Waals surface area contributed by atoms with Crippen molar-refractivity contribution < 1.29 is 30.0 Å². The highest BCUT2D eigenvalue weighted by molar-refractivity contribution is 5.96. The Hall–Kier alpha value is -1.22. The molecule has 0 aliphatic carbocycles. The molecular formula is C9H18N2O6. The molecule has 0 bridgehead atoms. The van der Waals surface area contributed by atoms with Crippen LogP contribution in [0.2, 0.25) is 0 Å². The zero-order valence-electron chi connectivity index (χ0n) is 9.30. The van der Waals surface area contributed by atoms with Gasteiger partial charge in [0.2, 0.25) is 11.8 Å². The average Bonchev–Trinajstić information content (AvgIpc) is 2.32. The summed E-state index contributed by atoms with van der Waals surface area (Å²) in [5, 5.41) is 39.3. The smallest absolute Gasteiger partial charge is 0.229 e. The number of aliphatic hydroxyl groups is 4. The summed E-state index contributed by atoms with van der Waals surface area (Å²) in [6.07, 6.45) is -2.56. The van der Waals surface area contributed by atoms with E-state index in [1.165, 1.54) is 0 Å². The van der Waals surface area contributed by atoms with Gasteiger partial charge >= 0.3 is 0 Å². The van der Waals surface area contributed by atoms with Crippen LogP contribution in [0.1, 0.15) is 6.42 Å². The second kappa shape index (κ2) is 8.88. The number of hydrogen-bond donors (Lipinski definition) is 6. The molecule has 17 heavy (non-hydrogen) atoms. The van der Waals surface area contributed by atoms with Crippen LogP contribution in [0.5, 0.6) is 0 Å². The molecule has 0 rings (SSSR count). The standard InChI is InChI=1S/C9H18N2O6/c12-4-6(14)2-10-8(16)1-9(17)11-3-7(15)5-13/h6-7,12-15H,1-5H2,(H,10,16)(H,11,17). The lowest BCUT2D eigenvalue weighted by atomic mass is 10.3. The van der Waals surface area contributed by atoms with Gasteiger partial charge < -0.3 is 31.1 Å². The van der Waals surface area contributed by atoms with Gasteiger partial charge in [-0.3, -0.25) is 9.59 Å². The monoisotopic (exact) mass is 250 g/mol. The third-order valence-corrected chi connectivity index (χ3v) is 1.81. The van der Waals surface area contributed by atoms with Gasteiger partial charge in [-0.2, -0.15) is 0 Å². The molecule has 0 aromatic heterocycles. The van der Waals surface area contributed by atoms with Crippen molar-refractivity contribution in [3.63, 3.8) is 0 Å². The predicted octanol–water partition coefficient (Wildman–Crippen LogP) is -3.68. The fourth-order valence-corrected chi connectivity index (χ4v) is 0.863. The van der Waals surface area contributed by atoms with Crippen LogP contribution in [0.25, 0.3) is 0 Å². The normalized spacial score (nSPS) is 13.9. The lowest BCUT2D eigenvalue weighted by Gasteiger charge is -2.10. The van der Waals surface area contributed by atoms with Gasteiger partial charge in [-0.25, -0.2) is 0 Å². The first-order chi connectivity index (χ1) is 7.99. The summed E-state index contributed by atoms with van der Waals surface area (Å²) in [4.78, 5) is 22.2. The average molecular weight is 250 g/mol. The lowest BCUT2D eigenvalue weighted by Crippen LogP contribution is -2.39. The van der Waals surface area contributed by atoms with Crippen LogP contribution in [-0.2, 0) is 9.59 Å². The summed E-state index contributed by atoms with van der Waals surface area (Å²) >= 11 is 0. The summed E-state index contributed by atoms with van der Waals surface area (Å²) in [5.41, 5.74) is 0. The first-order valence-corrected chi connectivity index (χ1v) is 5.10. The van der Waals surface area contributed by atoms with E-state index in [1.54, 1.807) is 0 Å². The Kier molecular flexibility index (Phi) is 8.24. The molecule has 2 atom stereocenters. The summed E-state index contributed by atoms with van der Waals surface area (Å²) in [6, 6.07) is 0. The van der Waals surface area contributed by atoms with E-state index in [0.29, 0.717) is 0 Å². The summed E-state index contributed by atoms with van der Waals surface area (Å²) < 4.78 is 0. The Morgan fingerprint density at radius 1 is 0.882 bits per heavy atom. The van der Waals surface area contributed by atoms with Crippen molar-refractivity contribution in [2.75, 3.05) is 26.3 Å². The Bertz CT molecular complexity index is 224. The summed E-state index contributed by atoms with van der Waals surface area (Å²) in [7, 11) is 0. The van der Waals surface area contributed by atoms with E-state index in [1.807, 2.05) is 0 Å². The third-order valence-electron chi connectivity index (χ3n) is 1.81. The van der Waals surface area contributed by atoms with Crippen molar-refractivity contribution in [2.24, 2.45) is 0 Å². The second-order valence-electron chi connectivity index (χ2n) is 3.46. The number of nitrogens with one attached hydrogen (secondary N) is 2. The Balaban J connectivity index is 3.69. The van der Waals surface area contributed by atoms with Crippen LogP contribution in [0.4, 0.5) is 0 Å². The molecule has 0 saturated carbocycles. The molecule has 0 fully saturated rings. The van der Waals surface area contributed by atoms with E-state index in [9.17, 15) is 9.59 Å². The molecular weight excluding hydrogens is 232 g/mol. The van der Waals surface area contributed by atoms with Gasteiger partial charge in [-0.05, 0) is 0 Å². The second-order valence-corrected chi connectivity index (χ2v) is 3.46. The maximum absolute atomic E-state index is 11.1. The van der Waals surface area contributed by atoms with E-state index in [-0.39, 0.29) is 13.1 Å². The SMILES string of the molecule is O=C(CC(=O)NCC(O)CO)NCC(O)CO. The van der Waals surface area contributed by atoms with Gasteiger partial charge in [-0.15, -0.1) is 0 Å². The van der Waals surface area contributed by atoms with Gasteiger partial charge in [0.15, 0.2) is 0 Å². The maximum atomic E-state index is 11.1. The summed E-state index contributed by atoms with van der Waals surface area (Å²) in [5.74, 6) is -1.21. The van der Waals surface area contributed by atoms with Crippen molar-refractivity contribution in [1.29, 1.82) is 0 Å². The first-order valence-electron chi connectivity index (χ1n) is 5.10. The number of hydrogen-bond acceptors (Lipinski definition) is 6. The van der Waals surface area contributed by atoms with Crippen molar-refractivity contribution in [3.8, 4) is 0 Å². The molecule has 0 aliphatic rings. The highest BCUT2D eigenvalue weighted by Crippen LogP contribution is 1.84. The Morgan fingerprint density at radius 3 is 1.53 bits per heavy atom. The minimum atomic E-state index is -1.06. The molecule has 0 heterocycles. The molecule has 0 aliphatic heterocycles. The van der Waals surface area contributed by atoms with Crippen LogP contribution in [0.3, 0.4) is 0 Å². The predicted molar refractivity (Wildman–Crippen MR) is 56.8 cm³/mol. The number of carbonyl (C=O) groups is 2. The van der Waals surface area contributed by atoms with Gasteiger partial charge in [0.1, 0.15) is 6.42 Å². The maximum Gasteiger partial charge on any atom is 0.229 e. The number of carbonyl (C=O) groups excluding carboxylic acids is 2. The molecule has 0 aromatic rings. The highest BCUT2D eigenvalue weighted by Gasteiger charge is 2.11. The van der Waals surface area contributed by atoms with Crippen LogP contribution in [-0.4, -0.2) is 70.8 Å². The molecule has 2 amide bonds. The van der Waals surface area contributed by atoms with E-state index in [0.717, 1.165) is 0 Å². The van der Waals surface area contributed by atoms with Crippen LogP contribution < -0.4 is 10.6 Å². The Morgan fingerprint density at radius 2 is 1.24 bits per heavy atom. The van der Waals surface area contributed by atoms with Gasteiger partial charge in [0.05, 0.1) is 25.4 Å². The van der Waals surface area contributed by atoms with Crippen molar-refractivity contribution in [1.82, 2.24) is 10.6 Å². The van der Waals surface area contributed by atoms with Crippen molar-refractivity contribution in [3.05, 3.63) is 0 Å².